The van der Waals surface area contributed by atoms with Crippen molar-refractivity contribution in [3.63, 3.8) is 0 Å². The minimum atomic E-state index is -3.90. The van der Waals surface area contributed by atoms with Crippen molar-refractivity contribution in [2.45, 2.75) is 31.2 Å². The lowest BCUT2D eigenvalue weighted by atomic mass is 10.2. The summed E-state index contributed by atoms with van der Waals surface area (Å²) in [5, 5.41) is 7.60. The van der Waals surface area contributed by atoms with E-state index in [1.165, 1.54) is 0 Å². The molecule has 6 nitrogen and oxygen atoms in total. The summed E-state index contributed by atoms with van der Waals surface area (Å²) in [5.41, 5.74) is 0. The molecule has 0 fully saturated rings. The standard InChI is InChI=1S/C9H13BrN2O4S/c1-3-5(2)12-9(13)6-4-7(8(10)16-6)17(11,14)15/h4-5H,3H2,1-2H3,(H,12,13)(H2,11,14,15). The number of sulfonamides is 1. The van der Waals surface area contributed by atoms with E-state index in [9.17, 15) is 13.2 Å². The van der Waals surface area contributed by atoms with Crippen LogP contribution in [0.5, 0.6) is 0 Å². The first-order chi connectivity index (χ1) is 7.75. The van der Waals surface area contributed by atoms with E-state index >= 15 is 0 Å². The Bertz CT molecular complexity index is 523. The number of nitrogens with two attached hydrogens (primary N) is 1. The van der Waals surface area contributed by atoms with Crippen molar-refractivity contribution in [1.29, 1.82) is 0 Å². The normalized spacial score (nSPS) is 13.4. The number of nitrogens with one attached hydrogen (secondary N) is 1. The highest BCUT2D eigenvalue weighted by atomic mass is 79.9. The molecule has 3 N–H and O–H groups in total. The number of rotatable bonds is 4. The molecule has 0 aliphatic carbocycles. The molecule has 8 heteroatoms. The molecule has 1 heterocycles. The van der Waals surface area contributed by atoms with E-state index in [2.05, 4.69) is 21.2 Å². The Kier molecular flexibility index (Phi) is 4.34. The third-order valence-corrected chi connectivity index (χ3v) is 3.94. The van der Waals surface area contributed by atoms with Crippen LogP contribution in [0.4, 0.5) is 0 Å². The number of carbonyl (C=O) groups is 1. The van der Waals surface area contributed by atoms with Gasteiger partial charge in [-0.2, -0.15) is 0 Å². The van der Waals surface area contributed by atoms with Gasteiger partial charge in [0.2, 0.25) is 10.0 Å². The van der Waals surface area contributed by atoms with Crippen molar-refractivity contribution in [2.75, 3.05) is 0 Å². The summed E-state index contributed by atoms with van der Waals surface area (Å²) in [6, 6.07) is 1.07. The van der Waals surface area contributed by atoms with E-state index in [-0.39, 0.29) is 21.4 Å². The maximum absolute atomic E-state index is 11.6. The smallest absolute Gasteiger partial charge is 0.287 e. The molecule has 0 spiro atoms. The molecule has 1 unspecified atom stereocenters. The van der Waals surface area contributed by atoms with Crippen LogP contribution in [-0.2, 0) is 10.0 Å². The lowest BCUT2D eigenvalue weighted by molar-refractivity contribution is 0.0910. The number of hydrogen-bond acceptors (Lipinski definition) is 4. The minimum Gasteiger partial charge on any atom is -0.443 e. The highest BCUT2D eigenvalue weighted by Crippen LogP contribution is 2.25. The summed E-state index contributed by atoms with van der Waals surface area (Å²) in [6.45, 7) is 3.75. The maximum Gasteiger partial charge on any atom is 0.287 e. The average molecular weight is 325 g/mol. The van der Waals surface area contributed by atoms with Gasteiger partial charge in [-0.15, -0.1) is 0 Å². The van der Waals surface area contributed by atoms with Gasteiger partial charge in [0.05, 0.1) is 0 Å². The maximum atomic E-state index is 11.6. The molecular formula is C9H13BrN2O4S. The second kappa shape index (κ2) is 5.19. The fourth-order valence-electron chi connectivity index (χ4n) is 1.05. The molecule has 0 aliphatic rings. The zero-order chi connectivity index (χ0) is 13.2. The van der Waals surface area contributed by atoms with E-state index in [1.807, 2.05) is 13.8 Å². The van der Waals surface area contributed by atoms with Crippen LogP contribution >= 0.6 is 15.9 Å². The van der Waals surface area contributed by atoms with Gasteiger partial charge >= 0.3 is 0 Å². The fourth-order valence-corrected chi connectivity index (χ4v) is 2.56. The highest BCUT2D eigenvalue weighted by Gasteiger charge is 2.22. The Morgan fingerprint density at radius 3 is 2.65 bits per heavy atom. The van der Waals surface area contributed by atoms with Crippen LogP contribution in [-0.4, -0.2) is 20.4 Å². The quantitative estimate of drug-likeness (QED) is 0.869. The molecule has 1 atom stereocenters. The molecule has 0 saturated heterocycles. The van der Waals surface area contributed by atoms with Gasteiger partial charge in [0, 0.05) is 12.1 Å². The number of halogens is 1. The fraction of sp³-hybridized carbons (Fsp3) is 0.444. The van der Waals surface area contributed by atoms with Crippen molar-refractivity contribution in [3.8, 4) is 0 Å². The summed E-state index contributed by atoms with van der Waals surface area (Å²) in [6.07, 6.45) is 0.760. The zero-order valence-electron chi connectivity index (χ0n) is 9.36. The van der Waals surface area contributed by atoms with Gasteiger partial charge < -0.3 is 9.73 Å². The van der Waals surface area contributed by atoms with Crippen LogP contribution < -0.4 is 10.5 Å². The van der Waals surface area contributed by atoms with Crippen molar-refractivity contribution in [3.05, 3.63) is 16.5 Å². The Morgan fingerprint density at radius 2 is 2.24 bits per heavy atom. The van der Waals surface area contributed by atoms with Crippen molar-refractivity contribution in [2.24, 2.45) is 5.14 Å². The Morgan fingerprint density at radius 1 is 1.65 bits per heavy atom. The predicted molar refractivity (Wildman–Crippen MR) is 65.0 cm³/mol. The van der Waals surface area contributed by atoms with Gasteiger partial charge in [0.1, 0.15) is 4.90 Å². The van der Waals surface area contributed by atoms with Crippen LogP contribution in [0.25, 0.3) is 0 Å². The van der Waals surface area contributed by atoms with E-state index in [0.717, 1.165) is 12.5 Å². The second-order valence-electron chi connectivity index (χ2n) is 3.58. The molecule has 1 aromatic rings. The molecular weight excluding hydrogens is 312 g/mol. The van der Waals surface area contributed by atoms with Gasteiger partial charge in [-0.3, -0.25) is 4.79 Å². The molecule has 0 radical (unpaired) electrons. The first kappa shape index (κ1) is 14.2. The van der Waals surface area contributed by atoms with E-state index < -0.39 is 15.9 Å². The highest BCUT2D eigenvalue weighted by molar-refractivity contribution is 9.10. The monoisotopic (exact) mass is 324 g/mol. The lowest BCUT2D eigenvalue weighted by Gasteiger charge is -2.08. The molecule has 96 valence electrons. The molecule has 1 amide bonds. The van der Waals surface area contributed by atoms with Crippen LogP contribution in [0, 0.1) is 0 Å². The largest absolute Gasteiger partial charge is 0.443 e. The van der Waals surface area contributed by atoms with Gasteiger partial charge in [0.25, 0.3) is 5.91 Å². The average Bonchev–Trinajstić information content (AvgIpc) is 2.59. The van der Waals surface area contributed by atoms with Gasteiger partial charge in [-0.05, 0) is 29.3 Å². The van der Waals surface area contributed by atoms with E-state index in [1.54, 1.807) is 0 Å². The Hall–Kier alpha value is -0.860. The Balaban J connectivity index is 2.99. The lowest BCUT2D eigenvalue weighted by Crippen LogP contribution is -2.31. The van der Waals surface area contributed by atoms with Gasteiger partial charge in [-0.25, -0.2) is 13.6 Å². The molecule has 17 heavy (non-hydrogen) atoms. The molecule has 0 aromatic carbocycles. The SMILES string of the molecule is CCC(C)NC(=O)c1cc(S(N)(=O)=O)c(Br)o1. The predicted octanol–water partition coefficient (Wildman–Crippen LogP) is 1.22. The summed E-state index contributed by atoms with van der Waals surface area (Å²) >= 11 is 2.90. The first-order valence-corrected chi connectivity index (χ1v) is 7.22. The summed E-state index contributed by atoms with van der Waals surface area (Å²) < 4.78 is 27.2. The van der Waals surface area contributed by atoms with Gasteiger partial charge in [0.15, 0.2) is 10.4 Å². The third kappa shape index (κ3) is 3.55. The summed E-state index contributed by atoms with van der Waals surface area (Å²) in [4.78, 5) is 11.4. The summed E-state index contributed by atoms with van der Waals surface area (Å²) in [5.74, 6) is -0.573. The van der Waals surface area contributed by atoms with E-state index in [4.69, 9.17) is 9.56 Å². The van der Waals surface area contributed by atoms with Crippen LogP contribution in [0.3, 0.4) is 0 Å². The van der Waals surface area contributed by atoms with Crippen molar-refractivity contribution >= 4 is 31.9 Å². The second-order valence-corrected chi connectivity index (χ2v) is 5.83. The number of carbonyl (C=O) groups excluding carboxylic acids is 1. The van der Waals surface area contributed by atoms with Crippen molar-refractivity contribution in [1.82, 2.24) is 5.32 Å². The molecule has 0 aliphatic heterocycles. The zero-order valence-corrected chi connectivity index (χ0v) is 11.8. The van der Waals surface area contributed by atoms with Crippen LogP contribution in [0.2, 0.25) is 0 Å². The topological polar surface area (TPSA) is 102 Å². The molecule has 0 saturated carbocycles. The minimum absolute atomic E-state index is 0.0238. The third-order valence-electron chi connectivity index (χ3n) is 2.18. The van der Waals surface area contributed by atoms with E-state index in [0.29, 0.717) is 0 Å². The van der Waals surface area contributed by atoms with Crippen molar-refractivity contribution < 1.29 is 17.6 Å². The molecule has 1 aromatic heterocycles. The molecule has 1 rings (SSSR count). The van der Waals surface area contributed by atoms with Crippen LogP contribution in [0.15, 0.2) is 20.0 Å². The van der Waals surface area contributed by atoms with Crippen LogP contribution in [0.1, 0.15) is 30.8 Å². The number of primary sulfonamides is 1. The molecule has 0 bridgehead atoms. The van der Waals surface area contributed by atoms with Gasteiger partial charge in [-0.1, -0.05) is 6.92 Å². The number of furan rings is 1. The number of hydrogen-bond donors (Lipinski definition) is 2. The summed E-state index contributed by atoms with van der Waals surface area (Å²) in [7, 11) is -3.90. The Labute approximate surface area is 108 Å². The first-order valence-electron chi connectivity index (χ1n) is 4.88. The number of amides is 1.